The van der Waals surface area contributed by atoms with Crippen LogP contribution in [-0.4, -0.2) is 32.6 Å². The smallest absolute Gasteiger partial charge is 0.311 e. The largest absolute Gasteiger partial charge is 0.481 e. The van der Waals surface area contributed by atoms with E-state index in [-0.39, 0.29) is 11.9 Å². The van der Waals surface area contributed by atoms with Crippen LogP contribution in [0.5, 0.6) is 0 Å². The zero-order valence-corrected chi connectivity index (χ0v) is 10.5. The lowest BCUT2D eigenvalue weighted by Crippen LogP contribution is -2.47. The molecule has 1 saturated carbocycles. The van der Waals surface area contributed by atoms with E-state index >= 15 is 0 Å². The van der Waals surface area contributed by atoms with Crippen molar-refractivity contribution < 1.29 is 14.7 Å². The second-order valence-electron chi connectivity index (χ2n) is 5.03. The van der Waals surface area contributed by atoms with Crippen molar-refractivity contribution in [2.45, 2.75) is 32.2 Å². The highest BCUT2D eigenvalue weighted by atomic mass is 16.4. The second-order valence-corrected chi connectivity index (χ2v) is 5.03. The van der Waals surface area contributed by atoms with E-state index in [4.69, 9.17) is 0 Å². The maximum Gasteiger partial charge on any atom is 0.311 e. The molecule has 1 aromatic heterocycles. The fourth-order valence-corrected chi connectivity index (χ4v) is 2.46. The lowest BCUT2D eigenvalue weighted by molar-refractivity contribution is -0.148. The Hall–Kier alpha value is -1.85. The molecule has 2 N–H and O–H groups in total. The Kier molecular flexibility index (Phi) is 3.11. The number of imidazole rings is 1. The number of nitrogens with zero attached hydrogens (tertiary/aromatic N) is 2. The number of carbonyl (C=O) groups is 2. The Morgan fingerprint density at radius 2 is 2.33 bits per heavy atom. The van der Waals surface area contributed by atoms with Gasteiger partial charge in [-0.05, 0) is 19.8 Å². The molecule has 0 aromatic carbocycles. The molecule has 0 saturated heterocycles. The first kappa shape index (κ1) is 12.6. The van der Waals surface area contributed by atoms with Crippen LogP contribution in [0.1, 0.15) is 36.7 Å². The number of amides is 1. The summed E-state index contributed by atoms with van der Waals surface area (Å²) in [5.41, 5.74) is -0.427. The highest BCUT2D eigenvalue weighted by molar-refractivity contribution is 5.93. The van der Waals surface area contributed by atoms with E-state index in [1.165, 1.54) is 6.20 Å². The standard InChI is InChI=1S/C12H17N3O3/c1-12(11(17)18)5-3-4-9(12)14-10(16)8-6-13-7-15(8)2/h6-7,9H,3-5H2,1-2H3,(H,14,16)(H,17,18). The molecule has 1 aromatic rings. The van der Waals surface area contributed by atoms with Gasteiger partial charge >= 0.3 is 5.97 Å². The van der Waals surface area contributed by atoms with E-state index in [1.54, 1.807) is 24.9 Å². The van der Waals surface area contributed by atoms with Gasteiger partial charge in [0, 0.05) is 13.1 Å². The van der Waals surface area contributed by atoms with Crippen molar-refractivity contribution in [3.05, 3.63) is 18.2 Å². The molecular formula is C12H17N3O3. The Morgan fingerprint density at radius 3 is 2.89 bits per heavy atom. The van der Waals surface area contributed by atoms with Crippen molar-refractivity contribution in [1.29, 1.82) is 0 Å². The molecule has 1 fully saturated rings. The van der Waals surface area contributed by atoms with Crippen LogP contribution in [0.15, 0.2) is 12.5 Å². The van der Waals surface area contributed by atoms with Crippen molar-refractivity contribution in [2.75, 3.05) is 0 Å². The van der Waals surface area contributed by atoms with Crippen LogP contribution >= 0.6 is 0 Å². The van der Waals surface area contributed by atoms with Gasteiger partial charge in [0.1, 0.15) is 5.69 Å². The Balaban J connectivity index is 2.13. The zero-order chi connectivity index (χ0) is 13.3. The van der Waals surface area contributed by atoms with Crippen LogP contribution in [0.25, 0.3) is 0 Å². The van der Waals surface area contributed by atoms with Crippen LogP contribution in [-0.2, 0) is 11.8 Å². The second kappa shape index (κ2) is 4.44. The molecular weight excluding hydrogens is 234 g/mol. The highest BCUT2D eigenvalue weighted by Crippen LogP contribution is 2.38. The molecule has 6 heteroatoms. The molecule has 2 atom stereocenters. The van der Waals surface area contributed by atoms with Crippen LogP contribution in [0.3, 0.4) is 0 Å². The molecule has 1 heterocycles. The number of carboxylic acid groups (broad SMARTS) is 1. The first-order valence-corrected chi connectivity index (χ1v) is 5.96. The molecule has 1 amide bonds. The minimum absolute atomic E-state index is 0.269. The van der Waals surface area contributed by atoms with Gasteiger partial charge in [0.15, 0.2) is 0 Å². The molecule has 2 unspecified atom stereocenters. The summed E-state index contributed by atoms with van der Waals surface area (Å²) < 4.78 is 1.61. The van der Waals surface area contributed by atoms with Crippen molar-refractivity contribution in [3.63, 3.8) is 0 Å². The summed E-state index contributed by atoms with van der Waals surface area (Å²) in [7, 11) is 1.73. The number of hydrogen-bond acceptors (Lipinski definition) is 3. The first-order valence-electron chi connectivity index (χ1n) is 5.96. The minimum Gasteiger partial charge on any atom is -0.481 e. The fraction of sp³-hybridized carbons (Fsp3) is 0.583. The number of aromatic nitrogens is 2. The van der Waals surface area contributed by atoms with Crippen molar-refractivity contribution >= 4 is 11.9 Å². The molecule has 6 nitrogen and oxygen atoms in total. The van der Waals surface area contributed by atoms with Gasteiger partial charge in [-0.2, -0.15) is 0 Å². The Bertz CT molecular complexity index is 483. The van der Waals surface area contributed by atoms with Crippen molar-refractivity contribution in [3.8, 4) is 0 Å². The number of aliphatic carboxylic acids is 1. The molecule has 2 rings (SSSR count). The van der Waals surface area contributed by atoms with E-state index in [1.807, 2.05) is 0 Å². The third-order valence-electron chi connectivity index (χ3n) is 3.80. The monoisotopic (exact) mass is 251 g/mol. The van der Waals surface area contributed by atoms with Gasteiger partial charge in [-0.15, -0.1) is 0 Å². The molecule has 98 valence electrons. The van der Waals surface area contributed by atoms with E-state index in [0.717, 1.165) is 6.42 Å². The molecule has 0 bridgehead atoms. The summed E-state index contributed by atoms with van der Waals surface area (Å²) in [6, 6.07) is -0.322. The number of carbonyl (C=O) groups excluding carboxylic acids is 1. The van der Waals surface area contributed by atoms with Gasteiger partial charge in [0.2, 0.25) is 0 Å². The van der Waals surface area contributed by atoms with Crippen molar-refractivity contribution in [1.82, 2.24) is 14.9 Å². The van der Waals surface area contributed by atoms with E-state index < -0.39 is 11.4 Å². The summed E-state index contributed by atoms with van der Waals surface area (Å²) in [6.07, 6.45) is 5.13. The van der Waals surface area contributed by atoms with Crippen LogP contribution in [0, 0.1) is 5.41 Å². The Labute approximate surface area is 105 Å². The summed E-state index contributed by atoms with van der Waals surface area (Å²) in [6.45, 7) is 1.69. The topological polar surface area (TPSA) is 84.2 Å². The van der Waals surface area contributed by atoms with Gasteiger partial charge in [-0.25, -0.2) is 4.98 Å². The average Bonchev–Trinajstić information content (AvgIpc) is 2.87. The fourth-order valence-electron chi connectivity index (χ4n) is 2.46. The molecule has 0 spiro atoms. The third kappa shape index (κ3) is 1.98. The number of nitrogens with one attached hydrogen (secondary N) is 1. The molecule has 0 radical (unpaired) electrons. The van der Waals surface area contributed by atoms with Gasteiger partial charge in [-0.3, -0.25) is 9.59 Å². The van der Waals surface area contributed by atoms with E-state index in [9.17, 15) is 14.7 Å². The number of carboxylic acids is 1. The highest BCUT2D eigenvalue weighted by Gasteiger charge is 2.46. The molecule has 1 aliphatic carbocycles. The van der Waals surface area contributed by atoms with Crippen LogP contribution in [0.4, 0.5) is 0 Å². The number of hydrogen-bond donors (Lipinski definition) is 2. The Morgan fingerprint density at radius 1 is 1.61 bits per heavy atom. The normalized spacial score (nSPS) is 27.1. The molecule has 18 heavy (non-hydrogen) atoms. The van der Waals surface area contributed by atoms with Crippen LogP contribution in [0.2, 0.25) is 0 Å². The predicted molar refractivity (Wildman–Crippen MR) is 64.1 cm³/mol. The lowest BCUT2D eigenvalue weighted by atomic mass is 9.85. The van der Waals surface area contributed by atoms with Gasteiger partial charge < -0.3 is 15.0 Å². The summed E-state index contributed by atoms with van der Waals surface area (Å²) in [5.74, 6) is -1.12. The zero-order valence-electron chi connectivity index (χ0n) is 10.5. The summed E-state index contributed by atoms with van der Waals surface area (Å²) >= 11 is 0. The lowest BCUT2D eigenvalue weighted by Gasteiger charge is -2.27. The van der Waals surface area contributed by atoms with Gasteiger partial charge in [-0.1, -0.05) is 6.42 Å². The quantitative estimate of drug-likeness (QED) is 0.832. The third-order valence-corrected chi connectivity index (χ3v) is 3.80. The first-order chi connectivity index (χ1) is 8.45. The summed E-state index contributed by atoms with van der Waals surface area (Å²) in [4.78, 5) is 27.2. The maximum absolute atomic E-state index is 12.0. The van der Waals surface area contributed by atoms with Crippen LogP contribution < -0.4 is 5.32 Å². The van der Waals surface area contributed by atoms with E-state index in [0.29, 0.717) is 18.5 Å². The van der Waals surface area contributed by atoms with Crippen molar-refractivity contribution in [2.24, 2.45) is 12.5 Å². The summed E-state index contributed by atoms with van der Waals surface area (Å²) in [5, 5.41) is 12.1. The van der Waals surface area contributed by atoms with Gasteiger partial charge in [0.05, 0.1) is 17.9 Å². The number of rotatable bonds is 3. The SMILES string of the molecule is Cn1cncc1C(=O)NC1CCCC1(C)C(=O)O. The maximum atomic E-state index is 12.0. The molecule has 1 aliphatic rings. The number of aryl methyl sites for hydroxylation is 1. The molecule has 0 aliphatic heterocycles. The van der Waals surface area contributed by atoms with E-state index in [2.05, 4.69) is 10.3 Å². The predicted octanol–water partition coefficient (Wildman–Crippen LogP) is 0.793. The van der Waals surface area contributed by atoms with Gasteiger partial charge in [0.25, 0.3) is 5.91 Å². The minimum atomic E-state index is -0.867. The average molecular weight is 251 g/mol.